The van der Waals surface area contributed by atoms with Crippen LogP contribution in [0.25, 0.3) is 0 Å². The third kappa shape index (κ3) is 8.38. The Balaban J connectivity index is 2.45. The van der Waals surface area contributed by atoms with Crippen LogP contribution in [0.4, 0.5) is 13.6 Å². The molecule has 1 atom stereocenters. The molecule has 2 N–H and O–H groups in total. The summed E-state index contributed by atoms with van der Waals surface area (Å²) < 4.78 is 32.7. The average molecular weight is 426 g/mol. The molecule has 8 heteroatoms. The van der Waals surface area contributed by atoms with Crippen LogP contribution in [0.1, 0.15) is 57.6 Å². The van der Waals surface area contributed by atoms with Crippen molar-refractivity contribution in [1.29, 1.82) is 0 Å². The summed E-state index contributed by atoms with van der Waals surface area (Å²) in [6.07, 6.45) is -0.725. The Morgan fingerprint density at radius 3 is 2.35 bits per heavy atom. The molecular weight excluding hydrogens is 401 g/mol. The van der Waals surface area contributed by atoms with Gasteiger partial charge in [-0.3, -0.25) is 0 Å². The minimum Gasteiger partial charge on any atom is -0.444 e. The zero-order chi connectivity index (χ0) is 23.4. The minimum absolute atomic E-state index is 0.00744. The van der Waals surface area contributed by atoms with E-state index < -0.39 is 35.0 Å². The van der Waals surface area contributed by atoms with E-state index >= 15 is 0 Å². The molecular formula is C23H25BF2N2O3. The second kappa shape index (κ2) is 9.48. The first-order chi connectivity index (χ1) is 14.2. The molecule has 0 aliphatic carbocycles. The lowest BCUT2D eigenvalue weighted by molar-refractivity contribution is 0.0502. The normalized spacial score (nSPS) is 12.5. The van der Waals surface area contributed by atoms with Crippen molar-refractivity contribution in [2.24, 2.45) is 0 Å². The minimum atomic E-state index is -1.23. The van der Waals surface area contributed by atoms with E-state index in [1.807, 2.05) is 0 Å². The van der Waals surface area contributed by atoms with E-state index in [-0.39, 0.29) is 17.6 Å². The van der Waals surface area contributed by atoms with Crippen molar-refractivity contribution in [3.8, 4) is 11.8 Å². The van der Waals surface area contributed by atoms with Crippen LogP contribution in [0.15, 0.2) is 30.3 Å². The topological polar surface area (TPSA) is 71.5 Å². The Labute approximate surface area is 182 Å². The fourth-order valence-corrected chi connectivity index (χ4v) is 2.68. The molecule has 31 heavy (non-hydrogen) atoms. The fraction of sp³-hybridized carbons (Fsp3) is 0.391. The monoisotopic (exact) mass is 426 g/mol. The molecule has 5 nitrogen and oxygen atoms in total. The van der Waals surface area contributed by atoms with Crippen LogP contribution in [0.5, 0.6) is 0 Å². The van der Waals surface area contributed by atoms with Gasteiger partial charge in [0.2, 0.25) is 0 Å². The van der Waals surface area contributed by atoms with Crippen molar-refractivity contribution in [1.82, 2.24) is 10.3 Å². The number of aliphatic hydroxyl groups is 1. The number of carbonyl (C=O) groups is 1. The number of hydrogen-bond donors (Lipinski definition) is 2. The van der Waals surface area contributed by atoms with Gasteiger partial charge >= 0.3 is 6.09 Å². The molecule has 0 aliphatic heterocycles. The zero-order valence-electron chi connectivity index (χ0n) is 18.2. The van der Waals surface area contributed by atoms with E-state index in [2.05, 4.69) is 22.1 Å². The van der Waals surface area contributed by atoms with Gasteiger partial charge in [-0.1, -0.05) is 17.4 Å². The molecule has 162 valence electrons. The van der Waals surface area contributed by atoms with Gasteiger partial charge in [0.1, 0.15) is 36.4 Å². The van der Waals surface area contributed by atoms with Crippen LogP contribution in [-0.2, 0) is 11.2 Å². The third-order valence-electron chi connectivity index (χ3n) is 3.84. The van der Waals surface area contributed by atoms with E-state index in [9.17, 15) is 18.7 Å². The van der Waals surface area contributed by atoms with Gasteiger partial charge in [0, 0.05) is 6.07 Å². The van der Waals surface area contributed by atoms with Crippen molar-refractivity contribution in [2.75, 3.05) is 0 Å². The quantitative estimate of drug-likeness (QED) is 0.583. The summed E-state index contributed by atoms with van der Waals surface area (Å²) in [5.41, 5.74) is -0.847. The summed E-state index contributed by atoms with van der Waals surface area (Å²) in [4.78, 5) is 16.8. The smallest absolute Gasteiger partial charge is 0.408 e. The number of benzene rings is 1. The second-order valence-electron chi connectivity index (χ2n) is 8.66. The first-order valence-electron chi connectivity index (χ1n) is 9.68. The van der Waals surface area contributed by atoms with Gasteiger partial charge < -0.3 is 15.2 Å². The maximum absolute atomic E-state index is 13.7. The largest absolute Gasteiger partial charge is 0.444 e. The van der Waals surface area contributed by atoms with E-state index in [1.54, 1.807) is 32.9 Å². The second-order valence-corrected chi connectivity index (χ2v) is 8.66. The Morgan fingerprint density at radius 1 is 1.19 bits per heavy atom. The molecule has 0 unspecified atom stereocenters. The zero-order valence-corrected chi connectivity index (χ0v) is 18.2. The Kier molecular flexibility index (Phi) is 7.45. The highest BCUT2D eigenvalue weighted by molar-refractivity contribution is 6.33. The lowest BCUT2D eigenvalue weighted by Crippen LogP contribution is -2.38. The van der Waals surface area contributed by atoms with Crippen molar-refractivity contribution in [2.45, 2.75) is 58.3 Å². The molecule has 2 aromatic rings. The average Bonchev–Trinajstić information content (AvgIpc) is 2.57. The molecule has 1 aromatic heterocycles. The van der Waals surface area contributed by atoms with E-state index in [0.717, 1.165) is 6.07 Å². The van der Waals surface area contributed by atoms with E-state index in [1.165, 1.54) is 26.0 Å². The number of carbonyl (C=O) groups excluding carboxylic acids is 1. The highest BCUT2D eigenvalue weighted by Crippen LogP contribution is 2.19. The highest BCUT2D eigenvalue weighted by atomic mass is 19.1. The number of pyridine rings is 1. The first kappa shape index (κ1) is 24.4. The molecule has 2 rings (SSSR count). The van der Waals surface area contributed by atoms with Gasteiger partial charge in [0.15, 0.2) is 0 Å². The molecule has 0 spiro atoms. The molecule has 0 bridgehead atoms. The Bertz CT molecular complexity index is 998. The van der Waals surface area contributed by atoms with Crippen LogP contribution in [0.2, 0.25) is 0 Å². The Hall–Kier alpha value is -2.92. The summed E-state index contributed by atoms with van der Waals surface area (Å²) >= 11 is 0. The molecule has 0 fully saturated rings. The molecule has 1 amide bonds. The van der Waals surface area contributed by atoms with Crippen molar-refractivity contribution in [3.63, 3.8) is 0 Å². The molecule has 0 saturated heterocycles. The molecule has 0 saturated carbocycles. The number of amides is 1. The maximum Gasteiger partial charge on any atom is 0.408 e. The molecule has 1 aromatic carbocycles. The fourth-order valence-electron chi connectivity index (χ4n) is 2.68. The lowest BCUT2D eigenvalue weighted by Gasteiger charge is -2.24. The summed E-state index contributed by atoms with van der Waals surface area (Å²) in [6.45, 7) is 8.20. The van der Waals surface area contributed by atoms with Crippen LogP contribution < -0.4 is 10.8 Å². The van der Waals surface area contributed by atoms with Gasteiger partial charge in [-0.05, 0) is 70.7 Å². The molecule has 0 aliphatic rings. The number of nitrogens with zero attached hydrogens (tertiary/aromatic N) is 1. The number of rotatable bonds is 4. The van der Waals surface area contributed by atoms with Crippen LogP contribution in [-0.4, -0.2) is 35.2 Å². The van der Waals surface area contributed by atoms with E-state index in [0.29, 0.717) is 11.3 Å². The lowest BCUT2D eigenvalue weighted by atomic mass is 9.88. The Morgan fingerprint density at radius 2 is 1.81 bits per heavy atom. The SMILES string of the molecule is [B]c1ccc(C#CC(C)(C)O)nc1[C@H](Cc1cc(F)cc(F)c1)NC(=O)OC(C)(C)C. The highest BCUT2D eigenvalue weighted by Gasteiger charge is 2.23. The summed E-state index contributed by atoms with van der Waals surface area (Å²) in [7, 11) is 6.09. The third-order valence-corrected chi connectivity index (χ3v) is 3.84. The van der Waals surface area contributed by atoms with Crippen molar-refractivity contribution >= 4 is 19.4 Å². The van der Waals surface area contributed by atoms with Gasteiger partial charge in [0.25, 0.3) is 0 Å². The number of alkyl carbamates (subject to hydrolysis) is 1. The summed E-state index contributed by atoms with van der Waals surface area (Å²) in [5.74, 6) is 3.92. The predicted octanol–water partition coefficient (Wildman–Crippen LogP) is 3.08. The molecule has 1 heterocycles. The number of hydrogen-bond acceptors (Lipinski definition) is 4. The van der Waals surface area contributed by atoms with E-state index in [4.69, 9.17) is 12.6 Å². The maximum atomic E-state index is 13.7. The van der Waals surface area contributed by atoms with Crippen LogP contribution in [0.3, 0.4) is 0 Å². The number of halogens is 2. The van der Waals surface area contributed by atoms with Gasteiger partial charge in [0.05, 0.1) is 11.7 Å². The van der Waals surface area contributed by atoms with Crippen molar-refractivity contribution in [3.05, 3.63) is 58.9 Å². The summed E-state index contributed by atoms with van der Waals surface area (Å²) in [5, 5.41) is 12.5. The van der Waals surface area contributed by atoms with Crippen LogP contribution in [0, 0.1) is 23.5 Å². The van der Waals surface area contributed by atoms with Gasteiger partial charge in [-0.15, -0.1) is 0 Å². The van der Waals surface area contributed by atoms with Crippen molar-refractivity contribution < 1.29 is 23.4 Å². The van der Waals surface area contributed by atoms with Gasteiger partial charge in [-0.25, -0.2) is 18.6 Å². The molecule has 2 radical (unpaired) electrons. The standard InChI is InChI=1S/C23H25BF2N2O3/c1-22(2,3)31-21(29)28-19(12-14-10-15(25)13-16(26)11-14)20-18(24)7-6-17(27-20)8-9-23(4,5)30/h6-7,10-11,13,19,30H,12H2,1-5H3,(H,28,29)/t19-/m0/s1. The number of nitrogens with one attached hydrogen (secondary N) is 1. The van der Waals surface area contributed by atoms with Gasteiger partial charge in [-0.2, -0.15) is 0 Å². The van der Waals surface area contributed by atoms with Crippen LogP contribution >= 0.6 is 0 Å². The first-order valence-corrected chi connectivity index (χ1v) is 9.68. The number of ether oxygens (including phenoxy) is 1. The predicted molar refractivity (Wildman–Crippen MR) is 115 cm³/mol. The summed E-state index contributed by atoms with van der Waals surface area (Å²) in [6, 6.07) is 5.39. The number of aromatic nitrogens is 1.